The highest BCUT2D eigenvalue weighted by atomic mass is 32.1. The molecule has 0 atom stereocenters. The fourth-order valence-corrected chi connectivity index (χ4v) is 3.89. The van der Waals surface area contributed by atoms with E-state index >= 15 is 0 Å². The molecule has 2 heterocycles. The second kappa shape index (κ2) is 6.27. The summed E-state index contributed by atoms with van der Waals surface area (Å²) in [4.78, 5) is 37.2. The lowest BCUT2D eigenvalue weighted by Gasteiger charge is -2.11. The van der Waals surface area contributed by atoms with Gasteiger partial charge in [0.2, 0.25) is 5.91 Å². The van der Waals surface area contributed by atoms with Gasteiger partial charge in [-0.25, -0.2) is 4.79 Å². The Morgan fingerprint density at radius 2 is 1.85 bits per heavy atom. The van der Waals surface area contributed by atoms with Crippen molar-refractivity contribution < 1.29 is 4.79 Å². The molecule has 4 aromatic rings. The molecule has 0 bridgehead atoms. The van der Waals surface area contributed by atoms with Gasteiger partial charge in [0.1, 0.15) is 11.2 Å². The summed E-state index contributed by atoms with van der Waals surface area (Å²) in [6.07, 6.45) is 0. The fourth-order valence-electron chi connectivity index (χ4n) is 3.02. The Morgan fingerprint density at radius 1 is 1.08 bits per heavy atom. The van der Waals surface area contributed by atoms with Crippen molar-refractivity contribution in [2.45, 2.75) is 6.54 Å². The van der Waals surface area contributed by atoms with Crippen LogP contribution in [0.2, 0.25) is 0 Å². The van der Waals surface area contributed by atoms with Crippen LogP contribution < -0.4 is 16.6 Å². The van der Waals surface area contributed by atoms with Crippen LogP contribution in [0.15, 0.2) is 63.5 Å². The monoisotopic (exact) mass is 365 g/mol. The molecule has 7 heteroatoms. The molecule has 1 N–H and O–H groups in total. The number of carbonyl (C=O) groups is 1. The third-order valence-electron chi connectivity index (χ3n) is 4.32. The second-order valence-electron chi connectivity index (χ2n) is 5.94. The van der Waals surface area contributed by atoms with Gasteiger partial charge >= 0.3 is 5.69 Å². The van der Waals surface area contributed by atoms with Gasteiger partial charge in [-0.1, -0.05) is 36.4 Å². The molecule has 0 saturated heterocycles. The fraction of sp³-hybridized carbons (Fsp3) is 0.105. The van der Waals surface area contributed by atoms with Crippen LogP contribution in [0.3, 0.4) is 0 Å². The van der Waals surface area contributed by atoms with Crippen molar-refractivity contribution in [3.8, 4) is 0 Å². The smallest absolute Gasteiger partial charge is 0.324 e. The standard InChI is InChI=1S/C19H15N3O3S/c1-21-18(24)17-15(9-10-26-17)22(19(21)25)11-16(23)20-14-8-4-6-12-5-2-3-7-13(12)14/h2-10H,11H2,1H3,(H,20,23). The van der Waals surface area contributed by atoms with E-state index in [2.05, 4.69) is 5.32 Å². The molecule has 2 aromatic heterocycles. The number of aromatic nitrogens is 2. The average Bonchev–Trinajstić information content (AvgIpc) is 3.13. The minimum Gasteiger partial charge on any atom is -0.324 e. The second-order valence-corrected chi connectivity index (χ2v) is 6.86. The zero-order valence-corrected chi connectivity index (χ0v) is 14.7. The summed E-state index contributed by atoms with van der Waals surface area (Å²) >= 11 is 1.26. The molecule has 0 radical (unpaired) electrons. The number of fused-ring (bicyclic) bond motifs is 2. The summed E-state index contributed by atoms with van der Waals surface area (Å²) in [5, 5.41) is 6.56. The molecule has 2 aromatic carbocycles. The van der Waals surface area contributed by atoms with Crippen molar-refractivity contribution in [2.24, 2.45) is 7.05 Å². The normalized spacial score (nSPS) is 11.1. The van der Waals surface area contributed by atoms with Gasteiger partial charge in [-0.15, -0.1) is 11.3 Å². The van der Waals surface area contributed by atoms with Crippen LogP contribution in [0.1, 0.15) is 0 Å². The minimum absolute atomic E-state index is 0.163. The number of thiophene rings is 1. The molecule has 0 fully saturated rings. The number of benzene rings is 2. The van der Waals surface area contributed by atoms with Gasteiger partial charge in [-0.2, -0.15) is 0 Å². The molecular weight excluding hydrogens is 350 g/mol. The number of nitrogens with one attached hydrogen (secondary N) is 1. The lowest BCUT2D eigenvalue weighted by molar-refractivity contribution is -0.116. The lowest BCUT2D eigenvalue weighted by atomic mass is 10.1. The molecule has 26 heavy (non-hydrogen) atoms. The summed E-state index contributed by atoms with van der Waals surface area (Å²) in [7, 11) is 1.42. The van der Waals surface area contributed by atoms with Crippen LogP contribution in [0.4, 0.5) is 5.69 Å². The Labute approximate surface area is 151 Å². The van der Waals surface area contributed by atoms with Crippen molar-refractivity contribution in [1.29, 1.82) is 0 Å². The van der Waals surface area contributed by atoms with Crippen molar-refractivity contribution >= 4 is 43.9 Å². The largest absolute Gasteiger partial charge is 0.331 e. The number of hydrogen-bond acceptors (Lipinski definition) is 4. The molecule has 0 aliphatic rings. The Balaban J connectivity index is 1.71. The molecular formula is C19H15N3O3S. The Bertz CT molecular complexity index is 1260. The highest BCUT2D eigenvalue weighted by Crippen LogP contribution is 2.23. The van der Waals surface area contributed by atoms with Crippen molar-refractivity contribution in [1.82, 2.24) is 9.13 Å². The summed E-state index contributed by atoms with van der Waals surface area (Å²) in [5.41, 5.74) is 0.323. The predicted octanol–water partition coefficient (Wildman–Crippen LogP) is 2.55. The molecule has 0 saturated carbocycles. The van der Waals surface area contributed by atoms with Crippen LogP contribution in [0.25, 0.3) is 21.0 Å². The van der Waals surface area contributed by atoms with Crippen molar-refractivity contribution in [2.75, 3.05) is 5.32 Å². The Hall–Kier alpha value is -3.19. The number of anilines is 1. The quantitative estimate of drug-likeness (QED) is 0.606. The number of carbonyl (C=O) groups excluding carboxylic acids is 1. The first-order valence-corrected chi connectivity index (χ1v) is 8.89. The first-order chi connectivity index (χ1) is 12.6. The molecule has 0 spiro atoms. The molecule has 6 nitrogen and oxygen atoms in total. The van der Waals surface area contributed by atoms with E-state index in [1.807, 2.05) is 42.5 Å². The molecule has 4 rings (SSSR count). The molecule has 1 amide bonds. The maximum atomic E-state index is 12.6. The van der Waals surface area contributed by atoms with Crippen molar-refractivity contribution in [3.05, 3.63) is 74.7 Å². The highest BCUT2D eigenvalue weighted by Gasteiger charge is 2.15. The van der Waals surface area contributed by atoms with Gasteiger partial charge in [-0.05, 0) is 22.9 Å². The van der Waals surface area contributed by atoms with E-state index < -0.39 is 5.69 Å². The highest BCUT2D eigenvalue weighted by molar-refractivity contribution is 7.17. The van der Waals surface area contributed by atoms with Crippen LogP contribution in [-0.2, 0) is 18.4 Å². The minimum atomic E-state index is -0.506. The third-order valence-corrected chi connectivity index (χ3v) is 5.21. The number of rotatable bonds is 3. The number of nitrogens with zero attached hydrogens (tertiary/aromatic N) is 2. The maximum absolute atomic E-state index is 12.6. The van der Waals surface area contributed by atoms with Crippen LogP contribution in [0.5, 0.6) is 0 Å². The third kappa shape index (κ3) is 2.62. The van der Waals surface area contributed by atoms with Gasteiger partial charge in [0.25, 0.3) is 5.56 Å². The SMILES string of the molecule is Cn1c(=O)c2sccc2n(CC(=O)Nc2cccc3ccccc23)c1=O. The summed E-state index contributed by atoms with van der Waals surface area (Å²) < 4.78 is 2.82. The van der Waals surface area contributed by atoms with E-state index in [0.717, 1.165) is 15.3 Å². The topological polar surface area (TPSA) is 73.1 Å². The zero-order chi connectivity index (χ0) is 18.3. The van der Waals surface area contributed by atoms with Crippen LogP contribution in [0, 0.1) is 0 Å². The lowest BCUT2D eigenvalue weighted by Crippen LogP contribution is -2.39. The Kier molecular flexibility index (Phi) is 3.93. The van der Waals surface area contributed by atoms with E-state index in [9.17, 15) is 14.4 Å². The van der Waals surface area contributed by atoms with E-state index in [4.69, 9.17) is 0 Å². The molecule has 130 valence electrons. The van der Waals surface area contributed by atoms with Gasteiger partial charge in [-0.3, -0.25) is 18.7 Å². The first-order valence-electron chi connectivity index (χ1n) is 8.01. The van der Waals surface area contributed by atoms with Crippen molar-refractivity contribution in [3.63, 3.8) is 0 Å². The zero-order valence-electron chi connectivity index (χ0n) is 13.9. The van der Waals surface area contributed by atoms with E-state index in [-0.39, 0.29) is 18.0 Å². The van der Waals surface area contributed by atoms with E-state index in [0.29, 0.717) is 15.9 Å². The summed E-state index contributed by atoms with van der Waals surface area (Å²) in [5.74, 6) is -0.324. The van der Waals surface area contributed by atoms with Gasteiger partial charge in [0.05, 0.1) is 5.52 Å². The molecule has 0 unspecified atom stereocenters. The summed E-state index contributed by atoms with van der Waals surface area (Å²) in [6, 6.07) is 15.1. The van der Waals surface area contributed by atoms with Crippen LogP contribution >= 0.6 is 11.3 Å². The number of hydrogen-bond donors (Lipinski definition) is 1. The summed E-state index contributed by atoms with van der Waals surface area (Å²) in [6.45, 7) is -0.163. The molecule has 0 aliphatic heterocycles. The van der Waals surface area contributed by atoms with E-state index in [1.54, 1.807) is 11.4 Å². The maximum Gasteiger partial charge on any atom is 0.331 e. The van der Waals surface area contributed by atoms with Gasteiger partial charge < -0.3 is 5.32 Å². The molecule has 0 aliphatic carbocycles. The van der Waals surface area contributed by atoms with Gasteiger partial charge in [0.15, 0.2) is 0 Å². The average molecular weight is 365 g/mol. The van der Waals surface area contributed by atoms with E-state index in [1.165, 1.54) is 23.0 Å². The number of amides is 1. The van der Waals surface area contributed by atoms with Crippen LogP contribution in [-0.4, -0.2) is 15.0 Å². The first kappa shape index (κ1) is 16.3. The predicted molar refractivity (Wildman–Crippen MR) is 104 cm³/mol. The Morgan fingerprint density at radius 3 is 2.69 bits per heavy atom. The van der Waals surface area contributed by atoms with Gasteiger partial charge in [0, 0.05) is 18.1 Å².